The highest BCUT2D eigenvalue weighted by atomic mass is 16.5. The molecule has 0 unspecified atom stereocenters. The van der Waals surface area contributed by atoms with Crippen LogP contribution < -0.4 is 10.6 Å². The van der Waals surface area contributed by atoms with Gasteiger partial charge < -0.3 is 15.4 Å². The summed E-state index contributed by atoms with van der Waals surface area (Å²) in [5.41, 5.74) is 1.34. The summed E-state index contributed by atoms with van der Waals surface area (Å²) in [6, 6.07) is 7.06. The molecule has 2 amide bonds. The van der Waals surface area contributed by atoms with Crippen LogP contribution in [0.4, 0.5) is 5.69 Å². The topological polar surface area (TPSA) is 67.4 Å². The molecule has 1 aromatic rings. The van der Waals surface area contributed by atoms with Gasteiger partial charge in [0.1, 0.15) is 0 Å². The van der Waals surface area contributed by atoms with Gasteiger partial charge in [0.15, 0.2) is 0 Å². The molecule has 1 saturated heterocycles. The second-order valence-corrected chi connectivity index (χ2v) is 6.83. The summed E-state index contributed by atoms with van der Waals surface area (Å²) < 4.78 is 5.49. The van der Waals surface area contributed by atoms with Crippen LogP contribution in [-0.2, 0) is 9.53 Å². The van der Waals surface area contributed by atoms with E-state index in [9.17, 15) is 9.59 Å². The molecular formula is C19H26N2O3. The number of hydrogen-bond donors (Lipinski definition) is 2. The van der Waals surface area contributed by atoms with Crippen molar-refractivity contribution >= 4 is 17.5 Å². The largest absolute Gasteiger partial charge is 0.376 e. The Bertz CT molecular complexity index is 558. The van der Waals surface area contributed by atoms with Crippen LogP contribution in [0.1, 0.15) is 55.3 Å². The summed E-state index contributed by atoms with van der Waals surface area (Å²) in [6.07, 6.45) is 7.63. The van der Waals surface area contributed by atoms with Gasteiger partial charge in [0, 0.05) is 30.8 Å². The van der Waals surface area contributed by atoms with Gasteiger partial charge in [0.25, 0.3) is 5.91 Å². The van der Waals surface area contributed by atoms with E-state index in [1.165, 1.54) is 12.8 Å². The third-order valence-electron chi connectivity index (χ3n) is 4.89. The number of ether oxygens (including phenoxy) is 1. The molecule has 5 nitrogen and oxygen atoms in total. The summed E-state index contributed by atoms with van der Waals surface area (Å²) in [5.74, 6) is 0.500. The minimum absolute atomic E-state index is 0.0671. The Morgan fingerprint density at radius 3 is 2.46 bits per heavy atom. The van der Waals surface area contributed by atoms with Crippen molar-refractivity contribution in [2.24, 2.45) is 5.92 Å². The predicted octanol–water partition coefficient (Wildman–Crippen LogP) is 3.11. The Labute approximate surface area is 143 Å². The van der Waals surface area contributed by atoms with E-state index >= 15 is 0 Å². The Morgan fingerprint density at radius 2 is 1.79 bits per heavy atom. The molecule has 0 aromatic heterocycles. The van der Waals surface area contributed by atoms with E-state index < -0.39 is 0 Å². The van der Waals surface area contributed by atoms with E-state index in [-0.39, 0.29) is 17.9 Å². The predicted molar refractivity (Wildman–Crippen MR) is 93.0 cm³/mol. The van der Waals surface area contributed by atoms with Crippen molar-refractivity contribution in [1.82, 2.24) is 5.32 Å². The maximum atomic E-state index is 12.1. The highest BCUT2D eigenvalue weighted by Gasteiger charge is 2.19. The van der Waals surface area contributed by atoms with Crippen LogP contribution in [0.5, 0.6) is 0 Å². The highest BCUT2D eigenvalue weighted by molar-refractivity contribution is 5.95. The maximum absolute atomic E-state index is 12.1. The summed E-state index contributed by atoms with van der Waals surface area (Å²) in [6.45, 7) is 1.34. The van der Waals surface area contributed by atoms with Crippen molar-refractivity contribution in [3.63, 3.8) is 0 Å². The fraction of sp³-hybridized carbons (Fsp3) is 0.579. The molecule has 24 heavy (non-hydrogen) atoms. The van der Waals surface area contributed by atoms with Gasteiger partial charge >= 0.3 is 0 Å². The zero-order chi connectivity index (χ0) is 16.8. The summed E-state index contributed by atoms with van der Waals surface area (Å²) in [4.78, 5) is 24.1. The molecule has 5 heteroatoms. The average molecular weight is 330 g/mol. The Balaban J connectivity index is 1.45. The molecule has 2 aliphatic rings. The first-order valence-electron chi connectivity index (χ1n) is 9.00. The second kappa shape index (κ2) is 8.29. The van der Waals surface area contributed by atoms with E-state index in [1.807, 2.05) is 0 Å². The summed E-state index contributed by atoms with van der Waals surface area (Å²) >= 11 is 0. The second-order valence-electron chi connectivity index (χ2n) is 6.83. The minimum Gasteiger partial charge on any atom is -0.376 e. The smallest absolute Gasteiger partial charge is 0.251 e. The SMILES string of the molecule is O=C(CC1CCCC1)Nc1ccc(C(=O)NC[C@H]2CCCO2)cc1. The number of rotatable bonds is 6. The number of nitrogens with one attached hydrogen (secondary N) is 2. The lowest BCUT2D eigenvalue weighted by molar-refractivity contribution is -0.117. The van der Waals surface area contributed by atoms with Crippen LogP contribution in [0.25, 0.3) is 0 Å². The molecule has 0 spiro atoms. The monoisotopic (exact) mass is 330 g/mol. The van der Waals surface area contributed by atoms with E-state index in [4.69, 9.17) is 4.74 Å². The first-order valence-corrected chi connectivity index (χ1v) is 9.00. The lowest BCUT2D eigenvalue weighted by atomic mass is 10.0. The standard InChI is InChI=1S/C19H26N2O3/c22-18(12-14-4-1-2-5-14)21-16-9-7-15(8-10-16)19(23)20-13-17-6-3-11-24-17/h7-10,14,17H,1-6,11-13H2,(H,20,23)(H,21,22)/t17-/m1/s1. The summed E-state index contributed by atoms with van der Waals surface area (Å²) in [5, 5.41) is 5.82. The van der Waals surface area contributed by atoms with Gasteiger partial charge in [-0.3, -0.25) is 9.59 Å². The van der Waals surface area contributed by atoms with Crippen molar-refractivity contribution in [2.75, 3.05) is 18.5 Å². The third kappa shape index (κ3) is 4.81. The molecule has 0 bridgehead atoms. The van der Waals surface area contributed by atoms with E-state index in [2.05, 4.69) is 10.6 Å². The molecule has 130 valence electrons. The van der Waals surface area contributed by atoms with Gasteiger partial charge in [0.05, 0.1) is 6.10 Å². The number of amides is 2. The first-order chi connectivity index (χ1) is 11.7. The molecule has 1 aliphatic heterocycles. The van der Waals surface area contributed by atoms with Gasteiger partial charge in [-0.15, -0.1) is 0 Å². The molecule has 1 saturated carbocycles. The minimum atomic E-state index is -0.102. The molecular weight excluding hydrogens is 304 g/mol. The van der Waals surface area contributed by atoms with Gasteiger partial charge in [-0.05, 0) is 55.9 Å². The molecule has 2 fully saturated rings. The zero-order valence-corrected chi connectivity index (χ0v) is 14.1. The van der Waals surface area contributed by atoms with Crippen LogP contribution in [-0.4, -0.2) is 31.1 Å². The van der Waals surface area contributed by atoms with E-state index in [0.29, 0.717) is 24.4 Å². The van der Waals surface area contributed by atoms with Crippen molar-refractivity contribution in [3.05, 3.63) is 29.8 Å². The van der Waals surface area contributed by atoms with Crippen LogP contribution in [0.2, 0.25) is 0 Å². The lowest BCUT2D eigenvalue weighted by Gasteiger charge is -2.12. The number of benzene rings is 1. The lowest BCUT2D eigenvalue weighted by Crippen LogP contribution is -2.31. The molecule has 1 atom stereocenters. The number of carbonyl (C=O) groups excluding carboxylic acids is 2. The van der Waals surface area contributed by atoms with Crippen LogP contribution in [0.3, 0.4) is 0 Å². The number of carbonyl (C=O) groups is 2. The molecule has 3 rings (SSSR count). The molecule has 1 heterocycles. The maximum Gasteiger partial charge on any atom is 0.251 e. The third-order valence-corrected chi connectivity index (χ3v) is 4.89. The normalized spacial score (nSPS) is 20.9. The van der Waals surface area contributed by atoms with Gasteiger partial charge in [-0.25, -0.2) is 0 Å². The van der Waals surface area contributed by atoms with Gasteiger partial charge in [-0.2, -0.15) is 0 Å². The van der Waals surface area contributed by atoms with Gasteiger partial charge in [0.2, 0.25) is 5.91 Å². The average Bonchev–Trinajstić information content (AvgIpc) is 3.27. The molecule has 1 aromatic carbocycles. The summed E-state index contributed by atoms with van der Waals surface area (Å²) in [7, 11) is 0. The van der Waals surface area contributed by atoms with Gasteiger partial charge in [-0.1, -0.05) is 12.8 Å². The van der Waals surface area contributed by atoms with E-state index in [1.54, 1.807) is 24.3 Å². The fourth-order valence-corrected chi connectivity index (χ4v) is 3.51. The number of anilines is 1. The Morgan fingerprint density at radius 1 is 1.04 bits per heavy atom. The zero-order valence-electron chi connectivity index (χ0n) is 14.1. The van der Waals surface area contributed by atoms with Crippen LogP contribution >= 0.6 is 0 Å². The van der Waals surface area contributed by atoms with Crippen molar-refractivity contribution in [2.45, 2.75) is 51.0 Å². The van der Waals surface area contributed by atoms with Crippen LogP contribution in [0, 0.1) is 5.92 Å². The Hall–Kier alpha value is -1.88. The van der Waals surface area contributed by atoms with Crippen LogP contribution in [0.15, 0.2) is 24.3 Å². The van der Waals surface area contributed by atoms with Crippen molar-refractivity contribution in [3.8, 4) is 0 Å². The van der Waals surface area contributed by atoms with E-state index in [0.717, 1.165) is 38.0 Å². The molecule has 2 N–H and O–H groups in total. The first kappa shape index (κ1) is 17.0. The fourth-order valence-electron chi connectivity index (χ4n) is 3.51. The quantitative estimate of drug-likeness (QED) is 0.842. The molecule has 1 aliphatic carbocycles. The molecule has 0 radical (unpaired) electrons. The Kier molecular flexibility index (Phi) is 5.86. The van der Waals surface area contributed by atoms with Crippen molar-refractivity contribution < 1.29 is 14.3 Å². The number of hydrogen-bond acceptors (Lipinski definition) is 3. The van der Waals surface area contributed by atoms with Crippen molar-refractivity contribution in [1.29, 1.82) is 0 Å². The highest BCUT2D eigenvalue weighted by Crippen LogP contribution is 2.27.